The number of aromatic nitrogens is 1. The Hall–Kier alpha value is -5.16. The van der Waals surface area contributed by atoms with Gasteiger partial charge >= 0.3 is 11.9 Å². The fraction of sp³-hybridized carbons (Fsp3) is 0.212. The zero-order valence-electron chi connectivity index (χ0n) is 24.5. The van der Waals surface area contributed by atoms with Crippen molar-refractivity contribution in [2.45, 2.75) is 26.5 Å². The van der Waals surface area contributed by atoms with Crippen molar-refractivity contribution >= 4 is 29.4 Å². The highest BCUT2D eigenvalue weighted by Gasteiger charge is 2.35. The standard InChI is InChI=1S/C33H30N2O8S/c1-5-42-32(39)28-19(2)34-33-35(29(28)25-17-24(40-3)13-14-26(25)41-4)30(36)27(44-33)16-20-9-11-23(12-10-20)43-18-21-7-6-8-22(15-21)31(37)38/h6-17,29H,5,18H2,1-4H3,(H,37,38)/b27-16-/t29-/m0/s1. The number of ether oxygens (including phenoxy) is 4. The van der Waals surface area contributed by atoms with Crippen LogP contribution >= 0.6 is 11.3 Å². The van der Waals surface area contributed by atoms with Gasteiger partial charge in [0, 0.05) is 5.56 Å². The maximum Gasteiger partial charge on any atom is 0.338 e. The number of carbonyl (C=O) groups excluding carboxylic acids is 1. The molecule has 0 radical (unpaired) electrons. The van der Waals surface area contributed by atoms with Crippen molar-refractivity contribution in [2.75, 3.05) is 20.8 Å². The Morgan fingerprint density at radius 3 is 2.45 bits per heavy atom. The molecule has 44 heavy (non-hydrogen) atoms. The molecule has 0 unspecified atom stereocenters. The third-order valence-electron chi connectivity index (χ3n) is 7.01. The number of allylic oxidation sites excluding steroid dienone is 1. The molecule has 4 aromatic rings. The van der Waals surface area contributed by atoms with Crippen LogP contribution in [0.4, 0.5) is 0 Å². The van der Waals surface area contributed by atoms with Crippen molar-refractivity contribution in [1.29, 1.82) is 0 Å². The van der Waals surface area contributed by atoms with Gasteiger partial charge in [0.05, 0.1) is 42.2 Å². The number of fused-ring (bicyclic) bond motifs is 1. The lowest BCUT2D eigenvalue weighted by Gasteiger charge is -2.26. The molecule has 0 fully saturated rings. The lowest BCUT2D eigenvalue weighted by molar-refractivity contribution is -0.139. The monoisotopic (exact) mass is 614 g/mol. The SMILES string of the molecule is CCOC(=O)C1=C(C)N=c2s/c(=C\c3ccc(OCc4cccc(C(=O)O)c4)cc3)c(=O)n2[C@H]1c1cc(OC)ccc1OC. The lowest BCUT2D eigenvalue weighted by Crippen LogP contribution is -2.40. The van der Waals surface area contributed by atoms with Gasteiger partial charge in [-0.15, -0.1) is 0 Å². The van der Waals surface area contributed by atoms with E-state index in [0.29, 0.717) is 37.8 Å². The average Bonchev–Trinajstić information content (AvgIpc) is 3.33. The van der Waals surface area contributed by atoms with Crippen molar-refractivity contribution < 1.29 is 33.6 Å². The minimum Gasteiger partial charge on any atom is -0.497 e. The molecule has 1 aliphatic rings. The van der Waals surface area contributed by atoms with E-state index in [1.165, 1.54) is 36.2 Å². The average molecular weight is 615 g/mol. The molecule has 2 heterocycles. The molecule has 226 valence electrons. The van der Waals surface area contributed by atoms with Crippen molar-refractivity contribution in [3.8, 4) is 17.2 Å². The largest absolute Gasteiger partial charge is 0.497 e. The van der Waals surface area contributed by atoms with Gasteiger partial charge in [0.1, 0.15) is 29.9 Å². The Bertz CT molecular complexity index is 1940. The highest BCUT2D eigenvalue weighted by Crippen LogP contribution is 2.37. The van der Waals surface area contributed by atoms with Crippen molar-refractivity contribution in [3.63, 3.8) is 0 Å². The number of thiazole rings is 1. The normalized spacial score (nSPS) is 14.5. The molecule has 1 atom stereocenters. The smallest absolute Gasteiger partial charge is 0.338 e. The molecule has 11 heteroatoms. The second kappa shape index (κ2) is 13.0. The number of benzene rings is 3. The van der Waals surface area contributed by atoms with Gasteiger partial charge in [0.2, 0.25) is 0 Å². The summed E-state index contributed by atoms with van der Waals surface area (Å²) < 4.78 is 24.2. The van der Waals surface area contributed by atoms with Crippen LogP contribution in [0.1, 0.15) is 46.9 Å². The number of hydrogen-bond acceptors (Lipinski definition) is 9. The van der Waals surface area contributed by atoms with E-state index in [1.54, 1.807) is 68.5 Å². The summed E-state index contributed by atoms with van der Waals surface area (Å²) in [6.07, 6.45) is 1.76. The summed E-state index contributed by atoms with van der Waals surface area (Å²) in [5.74, 6) is 0.0416. The third-order valence-corrected chi connectivity index (χ3v) is 7.99. The Labute approximate surface area is 256 Å². The molecule has 0 spiro atoms. The Kier molecular flexibility index (Phi) is 8.96. The van der Waals surface area contributed by atoms with Crippen LogP contribution in [0.15, 0.2) is 87.8 Å². The first-order valence-corrected chi connectivity index (χ1v) is 14.5. The van der Waals surface area contributed by atoms with E-state index in [1.807, 2.05) is 12.1 Å². The van der Waals surface area contributed by atoms with Gasteiger partial charge in [0.15, 0.2) is 4.80 Å². The molecule has 1 aliphatic heterocycles. The van der Waals surface area contributed by atoms with E-state index >= 15 is 0 Å². The summed E-state index contributed by atoms with van der Waals surface area (Å²) in [6.45, 7) is 3.81. The molecule has 10 nitrogen and oxygen atoms in total. The maximum absolute atomic E-state index is 14.0. The van der Waals surface area contributed by atoms with Crippen molar-refractivity contribution in [1.82, 2.24) is 4.57 Å². The van der Waals surface area contributed by atoms with E-state index in [0.717, 1.165) is 11.1 Å². The molecule has 5 rings (SSSR count). The molecule has 3 aromatic carbocycles. The highest BCUT2D eigenvalue weighted by atomic mass is 32.1. The predicted octanol–water partition coefficient (Wildman–Crippen LogP) is 4.09. The summed E-state index contributed by atoms with van der Waals surface area (Å²) in [4.78, 5) is 43.5. The zero-order chi connectivity index (χ0) is 31.4. The van der Waals surface area contributed by atoms with Crippen LogP contribution in [-0.4, -0.2) is 42.4 Å². The van der Waals surface area contributed by atoms with E-state index in [2.05, 4.69) is 4.99 Å². The van der Waals surface area contributed by atoms with E-state index in [9.17, 15) is 19.5 Å². The number of carboxylic acids is 1. The first-order valence-electron chi connectivity index (χ1n) is 13.7. The maximum atomic E-state index is 14.0. The van der Waals surface area contributed by atoms with Crippen molar-refractivity contribution in [2.24, 2.45) is 4.99 Å². The number of carbonyl (C=O) groups is 2. The quantitative estimate of drug-likeness (QED) is 0.265. The summed E-state index contributed by atoms with van der Waals surface area (Å²) in [5, 5.41) is 9.20. The number of methoxy groups -OCH3 is 2. The topological polar surface area (TPSA) is 126 Å². The van der Waals surface area contributed by atoms with Crippen LogP contribution in [-0.2, 0) is 16.1 Å². The number of aromatic carboxylic acids is 1. The van der Waals surface area contributed by atoms with Crippen LogP contribution in [0.25, 0.3) is 6.08 Å². The Balaban J connectivity index is 1.51. The van der Waals surface area contributed by atoms with Crippen LogP contribution in [0.3, 0.4) is 0 Å². The minimum atomic E-state index is -0.997. The number of esters is 1. The number of rotatable bonds is 10. The first kappa shape index (κ1) is 30.3. The van der Waals surface area contributed by atoms with E-state index in [-0.39, 0.29) is 29.9 Å². The fourth-order valence-corrected chi connectivity index (χ4v) is 5.96. The molecule has 1 N–H and O–H groups in total. The number of nitrogens with zero attached hydrogens (tertiary/aromatic N) is 2. The van der Waals surface area contributed by atoms with Gasteiger partial charge in [-0.05, 0) is 73.5 Å². The van der Waals surface area contributed by atoms with Crippen LogP contribution in [0.2, 0.25) is 0 Å². The third kappa shape index (κ3) is 6.13. The molecule has 0 amide bonds. The van der Waals surface area contributed by atoms with E-state index < -0.39 is 18.0 Å². The Morgan fingerprint density at radius 1 is 1.02 bits per heavy atom. The lowest BCUT2D eigenvalue weighted by atomic mass is 9.94. The van der Waals surface area contributed by atoms with Crippen molar-refractivity contribution in [3.05, 3.63) is 120 Å². The second-order valence-electron chi connectivity index (χ2n) is 9.77. The molecule has 0 bridgehead atoms. The van der Waals surface area contributed by atoms with E-state index in [4.69, 9.17) is 18.9 Å². The van der Waals surface area contributed by atoms with Gasteiger partial charge in [0.25, 0.3) is 5.56 Å². The van der Waals surface area contributed by atoms with Gasteiger partial charge in [-0.25, -0.2) is 14.6 Å². The van der Waals surface area contributed by atoms with Crippen LogP contribution in [0.5, 0.6) is 17.2 Å². The predicted molar refractivity (Wildman–Crippen MR) is 164 cm³/mol. The molecule has 1 aromatic heterocycles. The fourth-order valence-electron chi connectivity index (χ4n) is 4.91. The summed E-state index contributed by atoms with van der Waals surface area (Å²) >= 11 is 1.22. The molecule has 0 saturated carbocycles. The summed E-state index contributed by atoms with van der Waals surface area (Å²) in [7, 11) is 3.06. The molecular weight excluding hydrogens is 584 g/mol. The minimum absolute atomic E-state index is 0.163. The number of hydrogen-bond donors (Lipinski definition) is 1. The van der Waals surface area contributed by atoms with Crippen LogP contribution < -0.4 is 29.1 Å². The molecule has 0 saturated heterocycles. The second-order valence-corrected chi connectivity index (χ2v) is 10.8. The molecular formula is C33H30N2O8S. The highest BCUT2D eigenvalue weighted by molar-refractivity contribution is 7.07. The van der Waals surface area contributed by atoms with Crippen LogP contribution in [0, 0.1) is 0 Å². The molecule has 0 aliphatic carbocycles. The van der Waals surface area contributed by atoms with Gasteiger partial charge in [-0.3, -0.25) is 9.36 Å². The Morgan fingerprint density at radius 2 is 1.77 bits per heavy atom. The summed E-state index contributed by atoms with van der Waals surface area (Å²) in [6, 6.07) is 18.1. The number of carboxylic acid groups (broad SMARTS) is 1. The van der Waals surface area contributed by atoms with Gasteiger partial charge in [-0.2, -0.15) is 0 Å². The van der Waals surface area contributed by atoms with Gasteiger partial charge < -0.3 is 24.1 Å². The zero-order valence-corrected chi connectivity index (χ0v) is 25.3. The van der Waals surface area contributed by atoms with Gasteiger partial charge in [-0.1, -0.05) is 35.6 Å². The first-order chi connectivity index (χ1) is 21.2. The summed E-state index contributed by atoms with van der Waals surface area (Å²) in [5.41, 5.74) is 2.61.